The number of nitrogens with zero attached hydrogens (tertiary/aromatic N) is 2. The van der Waals surface area contributed by atoms with Crippen molar-refractivity contribution in [2.45, 2.75) is 52.4 Å². The molecule has 9 nitrogen and oxygen atoms in total. The van der Waals surface area contributed by atoms with E-state index in [1.54, 1.807) is 20.8 Å². The maximum absolute atomic E-state index is 12.7. The molecule has 1 N–H and O–H groups in total. The Kier molecular flexibility index (Phi) is 5.78. The van der Waals surface area contributed by atoms with Gasteiger partial charge in [0.25, 0.3) is 5.91 Å². The van der Waals surface area contributed by atoms with Crippen LogP contribution in [-0.4, -0.2) is 28.6 Å². The number of esters is 1. The van der Waals surface area contributed by atoms with Crippen LogP contribution in [0.3, 0.4) is 0 Å². The SMILES string of the molecule is CCOC(=O)c1c(NC(=O)c2noc(C(C)C)c2[N+](=O)[O-])sc2c1CCCC2. The van der Waals surface area contributed by atoms with Crippen molar-refractivity contribution in [1.82, 2.24) is 5.16 Å². The number of nitro groups is 1. The first-order chi connectivity index (χ1) is 13.3. The van der Waals surface area contributed by atoms with Crippen LogP contribution in [0.15, 0.2) is 4.52 Å². The molecular formula is C18H21N3O6S. The monoisotopic (exact) mass is 407 g/mol. The molecule has 2 heterocycles. The van der Waals surface area contributed by atoms with Gasteiger partial charge in [0, 0.05) is 10.8 Å². The van der Waals surface area contributed by atoms with E-state index in [0.717, 1.165) is 36.1 Å². The molecule has 150 valence electrons. The van der Waals surface area contributed by atoms with Crippen LogP contribution in [-0.2, 0) is 17.6 Å². The Morgan fingerprint density at radius 2 is 2.07 bits per heavy atom. The summed E-state index contributed by atoms with van der Waals surface area (Å²) in [6, 6.07) is 0. The van der Waals surface area contributed by atoms with Crippen molar-refractivity contribution in [3.8, 4) is 0 Å². The number of nitrogens with one attached hydrogen (secondary N) is 1. The van der Waals surface area contributed by atoms with E-state index in [9.17, 15) is 19.7 Å². The van der Waals surface area contributed by atoms with Gasteiger partial charge in [-0.1, -0.05) is 19.0 Å². The largest absolute Gasteiger partial charge is 0.462 e. The van der Waals surface area contributed by atoms with E-state index >= 15 is 0 Å². The number of amides is 1. The number of carbonyl (C=O) groups is 2. The van der Waals surface area contributed by atoms with Crippen LogP contribution >= 0.6 is 11.3 Å². The van der Waals surface area contributed by atoms with E-state index < -0.39 is 28.2 Å². The van der Waals surface area contributed by atoms with Crippen molar-refractivity contribution in [2.24, 2.45) is 0 Å². The van der Waals surface area contributed by atoms with E-state index in [1.165, 1.54) is 11.3 Å². The number of rotatable bonds is 6. The molecule has 28 heavy (non-hydrogen) atoms. The summed E-state index contributed by atoms with van der Waals surface area (Å²) in [6.45, 7) is 5.34. The summed E-state index contributed by atoms with van der Waals surface area (Å²) >= 11 is 1.31. The number of anilines is 1. The molecule has 0 aliphatic heterocycles. The molecule has 1 amide bonds. The third-order valence-corrected chi connectivity index (χ3v) is 5.70. The zero-order chi connectivity index (χ0) is 20.4. The summed E-state index contributed by atoms with van der Waals surface area (Å²) in [5.41, 5.74) is 0.369. The van der Waals surface area contributed by atoms with E-state index in [1.807, 2.05) is 0 Å². The molecule has 3 rings (SSSR count). The minimum atomic E-state index is -0.786. The third-order valence-electron chi connectivity index (χ3n) is 4.49. The van der Waals surface area contributed by atoms with Gasteiger partial charge in [-0.15, -0.1) is 11.3 Å². The highest BCUT2D eigenvalue weighted by atomic mass is 32.1. The first-order valence-corrected chi connectivity index (χ1v) is 9.93. The standard InChI is InChI=1S/C18H21N3O6S/c1-4-26-18(23)12-10-7-5-6-8-11(10)28-17(12)19-16(22)13-14(21(24)25)15(9(2)3)27-20-13/h9H,4-8H2,1-3H3,(H,19,22). The van der Waals surface area contributed by atoms with Crippen molar-refractivity contribution in [3.63, 3.8) is 0 Å². The van der Waals surface area contributed by atoms with Gasteiger partial charge in [0.1, 0.15) is 5.00 Å². The number of thiophene rings is 1. The number of hydrogen-bond donors (Lipinski definition) is 1. The summed E-state index contributed by atoms with van der Waals surface area (Å²) < 4.78 is 10.2. The van der Waals surface area contributed by atoms with E-state index in [2.05, 4.69) is 10.5 Å². The fourth-order valence-corrected chi connectivity index (χ4v) is 4.51. The highest BCUT2D eigenvalue weighted by Crippen LogP contribution is 2.39. The fraction of sp³-hybridized carbons (Fsp3) is 0.500. The molecule has 0 aromatic carbocycles. The lowest BCUT2D eigenvalue weighted by molar-refractivity contribution is -0.386. The predicted molar refractivity (Wildman–Crippen MR) is 102 cm³/mol. The van der Waals surface area contributed by atoms with Gasteiger partial charge < -0.3 is 14.6 Å². The van der Waals surface area contributed by atoms with Crippen molar-refractivity contribution in [1.29, 1.82) is 0 Å². The van der Waals surface area contributed by atoms with Gasteiger partial charge >= 0.3 is 11.7 Å². The second-order valence-electron chi connectivity index (χ2n) is 6.75. The van der Waals surface area contributed by atoms with E-state index in [-0.39, 0.29) is 18.3 Å². The Morgan fingerprint density at radius 1 is 1.36 bits per heavy atom. The third kappa shape index (κ3) is 3.64. The molecule has 0 atom stereocenters. The molecule has 0 bridgehead atoms. The van der Waals surface area contributed by atoms with Crippen LogP contribution < -0.4 is 5.32 Å². The highest BCUT2D eigenvalue weighted by Gasteiger charge is 2.35. The van der Waals surface area contributed by atoms with Gasteiger partial charge in [0.05, 0.1) is 17.1 Å². The van der Waals surface area contributed by atoms with Crippen molar-refractivity contribution < 1.29 is 23.8 Å². The number of fused-ring (bicyclic) bond motifs is 1. The van der Waals surface area contributed by atoms with Crippen LogP contribution in [0.25, 0.3) is 0 Å². The molecule has 0 fully saturated rings. The van der Waals surface area contributed by atoms with Gasteiger partial charge in [-0.25, -0.2) is 4.79 Å². The maximum atomic E-state index is 12.7. The second-order valence-corrected chi connectivity index (χ2v) is 7.85. The Balaban J connectivity index is 1.98. The van der Waals surface area contributed by atoms with Gasteiger partial charge in [0.2, 0.25) is 11.5 Å². The van der Waals surface area contributed by atoms with Crippen molar-refractivity contribution in [3.05, 3.63) is 37.6 Å². The predicted octanol–water partition coefficient (Wildman–Crippen LogP) is 4.08. The first kappa shape index (κ1) is 20.0. The summed E-state index contributed by atoms with van der Waals surface area (Å²) in [5.74, 6) is -1.56. The number of aromatic nitrogens is 1. The minimum absolute atomic E-state index is 0.0336. The molecule has 0 saturated carbocycles. The summed E-state index contributed by atoms with van der Waals surface area (Å²) in [7, 11) is 0. The van der Waals surface area contributed by atoms with Gasteiger partial charge in [-0.2, -0.15) is 0 Å². The van der Waals surface area contributed by atoms with Crippen molar-refractivity contribution >= 4 is 33.9 Å². The maximum Gasteiger partial charge on any atom is 0.344 e. The van der Waals surface area contributed by atoms with Crippen LogP contribution in [0.5, 0.6) is 0 Å². The average Bonchev–Trinajstić information content (AvgIpc) is 3.23. The summed E-state index contributed by atoms with van der Waals surface area (Å²) in [5, 5.41) is 18.0. The number of hydrogen-bond acceptors (Lipinski definition) is 8. The highest BCUT2D eigenvalue weighted by molar-refractivity contribution is 7.17. The molecule has 1 aliphatic rings. The molecule has 10 heteroatoms. The Hall–Kier alpha value is -2.75. The zero-order valence-electron chi connectivity index (χ0n) is 15.9. The normalized spacial score (nSPS) is 13.3. The van der Waals surface area contributed by atoms with Crippen LogP contribution in [0.2, 0.25) is 0 Å². The van der Waals surface area contributed by atoms with Crippen LogP contribution in [0, 0.1) is 10.1 Å². The van der Waals surface area contributed by atoms with Crippen LogP contribution in [0.4, 0.5) is 10.7 Å². The van der Waals surface area contributed by atoms with Gasteiger partial charge in [0.15, 0.2) is 0 Å². The molecule has 0 saturated heterocycles. The van der Waals surface area contributed by atoms with Crippen LogP contribution in [0.1, 0.15) is 76.6 Å². The number of aryl methyl sites for hydroxylation is 1. The Labute approximate surface area is 165 Å². The zero-order valence-corrected chi connectivity index (χ0v) is 16.7. The second kappa shape index (κ2) is 8.09. The lowest BCUT2D eigenvalue weighted by Crippen LogP contribution is -2.17. The topological polar surface area (TPSA) is 125 Å². The summed E-state index contributed by atoms with van der Waals surface area (Å²) in [4.78, 5) is 37.0. The molecule has 1 aliphatic carbocycles. The smallest absolute Gasteiger partial charge is 0.344 e. The molecule has 0 radical (unpaired) electrons. The quantitative estimate of drug-likeness (QED) is 0.434. The molecule has 2 aromatic heterocycles. The molecule has 2 aromatic rings. The van der Waals surface area contributed by atoms with Gasteiger partial charge in [-0.3, -0.25) is 14.9 Å². The lowest BCUT2D eigenvalue weighted by Gasteiger charge is -2.12. The molecule has 0 spiro atoms. The van der Waals surface area contributed by atoms with Crippen molar-refractivity contribution in [2.75, 3.05) is 11.9 Å². The number of carbonyl (C=O) groups excluding carboxylic acids is 2. The van der Waals surface area contributed by atoms with E-state index in [4.69, 9.17) is 9.26 Å². The average molecular weight is 407 g/mol. The molecular weight excluding hydrogens is 386 g/mol. The Bertz CT molecular complexity index is 930. The summed E-state index contributed by atoms with van der Waals surface area (Å²) in [6.07, 6.45) is 3.52. The molecule has 0 unspecified atom stereocenters. The fourth-order valence-electron chi connectivity index (χ4n) is 3.24. The first-order valence-electron chi connectivity index (χ1n) is 9.12. The number of ether oxygens (including phenoxy) is 1. The Morgan fingerprint density at radius 3 is 2.71 bits per heavy atom. The van der Waals surface area contributed by atoms with E-state index in [0.29, 0.717) is 10.6 Å². The lowest BCUT2D eigenvalue weighted by atomic mass is 9.95. The minimum Gasteiger partial charge on any atom is -0.462 e. The van der Waals surface area contributed by atoms with Gasteiger partial charge in [-0.05, 0) is 38.2 Å².